The maximum atomic E-state index is 12.3. The Bertz CT molecular complexity index is 645. The molecule has 0 radical (unpaired) electrons. The van der Waals surface area contributed by atoms with Crippen LogP contribution in [0, 0.1) is 5.92 Å². The van der Waals surface area contributed by atoms with Gasteiger partial charge in [0.05, 0.1) is 19.8 Å². The highest BCUT2D eigenvalue weighted by atomic mass is 16.5. The predicted molar refractivity (Wildman–Crippen MR) is 95.4 cm³/mol. The van der Waals surface area contributed by atoms with E-state index in [0.29, 0.717) is 36.9 Å². The number of carboxylic acid groups (broad SMARTS) is 1. The van der Waals surface area contributed by atoms with Gasteiger partial charge in [-0.1, -0.05) is 19.9 Å². The van der Waals surface area contributed by atoms with Crippen molar-refractivity contribution in [3.05, 3.63) is 23.8 Å². The second-order valence-corrected chi connectivity index (χ2v) is 6.87. The van der Waals surface area contributed by atoms with E-state index in [1.54, 1.807) is 7.11 Å². The third kappa shape index (κ3) is 5.11. The number of nitrogens with one attached hydrogen (secondary N) is 1. The zero-order chi connectivity index (χ0) is 19.3. The molecule has 0 saturated carbocycles. The first-order valence-corrected chi connectivity index (χ1v) is 8.81. The summed E-state index contributed by atoms with van der Waals surface area (Å²) in [7, 11) is 1.57. The Hall–Kier alpha value is -2.28. The van der Waals surface area contributed by atoms with Crippen molar-refractivity contribution in [3.8, 4) is 11.5 Å². The number of carbonyl (C=O) groups excluding carboxylic acids is 1. The van der Waals surface area contributed by atoms with Crippen molar-refractivity contribution < 1.29 is 28.9 Å². The smallest absolute Gasteiger partial charge is 0.332 e. The Balaban J connectivity index is 1.99. The first-order valence-electron chi connectivity index (χ1n) is 8.81. The van der Waals surface area contributed by atoms with Gasteiger partial charge in [-0.2, -0.15) is 0 Å². The molecule has 0 bridgehead atoms. The number of aliphatic carboxylic acids is 1. The molecule has 3 atom stereocenters. The number of benzene rings is 1. The van der Waals surface area contributed by atoms with Gasteiger partial charge in [0.15, 0.2) is 17.6 Å². The van der Waals surface area contributed by atoms with Gasteiger partial charge < -0.3 is 24.6 Å². The molecule has 0 aromatic heterocycles. The Morgan fingerprint density at radius 2 is 1.92 bits per heavy atom. The Labute approximate surface area is 153 Å². The number of amides is 1. The topological polar surface area (TPSA) is 94.1 Å². The fourth-order valence-corrected chi connectivity index (χ4v) is 2.73. The first-order chi connectivity index (χ1) is 12.3. The standard InChI is InChI=1S/C19H27NO6/c1-11(2)10-25-14-6-5-13(9-17(14)24-4)12(3)20-18(21)15-7-8-16(26-15)19(22)23/h5-6,9,11-12,15-16H,7-8,10H2,1-4H3,(H,20,21)(H,22,23)/t12?,15-,16+/m0/s1. The van der Waals surface area contributed by atoms with E-state index >= 15 is 0 Å². The molecule has 1 fully saturated rings. The van der Waals surface area contributed by atoms with Crippen LogP contribution in [0.2, 0.25) is 0 Å². The van der Waals surface area contributed by atoms with Gasteiger partial charge in [-0.15, -0.1) is 0 Å². The van der Waals surface area contributed by atoms with Crippen LogP contribution in [-0.2, 0) is 14.3 Å². The molecule has 1 heterocycles. The lowest BCUT2D eigenvalue weighted by Gasteiger charge is -2.19. The van der Waals surface area contributed by atoms with Gasteiger partial charge in [0.2, 0.25) is 5.91 Å². The average molecular weight is 365 g/mol. The molecule has 0 aliphatic carbocycles. The van der Waals surface area contributed by atoms with Crippen LogP contribution in [-0.4, -0.2) is 42.9 Å². The fourth-order valence-electron chi connectivity index (χ4n) is 2.73. The summed E-state index contributed by atoms with van der Waals surface area (Å²) in [6.45, 7) is 6.58. The number of rotatable bonds is 8. The summed E-state index contributed by atoms with van der Waals surface area (Å²) in [5.74, 6) is 0.327. The van der Waals surface area contributed by atoms with Crippen molar-refractivity contribution in [2.45, 2.75) is 51.9 Å². The second-order valence-electron chi connectivity index (χ2n) is 6.87. The quantitative estimate of drug-likeness (QED) is 0.735. The van der Waals surface area contributed by atoms with Crippen LogP contribution in [0.5, 0.6) is 11.5 Å². The highest BCUT2D eigenvalue weighted by Gasteiger charge is 2.35. The summed E-state index contributed by atoms with van der Waals surface area (Å²) in [6.07, 6.45) is -0.883. The molecule has 1 aromatic rings. The molecule has 1 aliphatic heterocycles. The summed E-state index contributed by atoms with van der Waals surface area (Å²) in [5.41, 5.74) is 0.861. The largest absolute Gasteiger partial charge is 0.493 e. The zero-order valence-electron chi connectivity index (χ0n) is 15.7. The van der Waals surface area contributed by atoms with Crippen LogP contribution in [0.1, 0.15) is 45.2 Å². The summed E-state index contributed by atoms with van der Waals surface area (Å²) >= 11 is 0. The number of carbonyl (C=O) groups is 2. The lowest BCUT2D eigenvalue weighted by molar-refractivity contribution is -0.151. The van der Waals surface area contributed by atoms with Gasteiger partial charge in [0.1, 0.15) is 6.10 Å². The van der Waals surface area contributed by atoms with Crippen molar-refractivity contribution >= 4 is 11.9 Å². The highest BCUT2D eigenvalue weighted by Crippen LogP contribution is 2.31. The molecule has 2 N–H and O–H groups in total. The van der Waals surface area contributed by atoms with Gasteiger partial charge in [-0.25, -0.2) is 4.79 Å². The van der Waals surface area contributed by atoms with Crippen LogP contribution in [0.4, 0.5) is 0 Å². The zero-order valence-corrected chi connectivity index (χ0v) is 15.7. The molecule has 26 heavy (non-hydrogen) atoms. The second kappa shape index (κ2) is 8.89. The Morgan fingerprint density at radius 1 is 1.23 bits per heavy atom. The monoisotopic (exact) mass is 365 g/mol. The maximum absolute atomic E-state index is 12.3. The Kier molecular flexibility index (Phi) is 6.85. The van der Waals surface area contributed by atoms with E-state index in [1.807, 2.05) is 25.1 Å². The minimum Gasteiger partial charge on any atom is -0.493 e. The van der Waals surface area contributed by atoms with Gasteiger partial charge in [0, 0.05) is 0 Å². The van der Waals surface area contributed by atoms with Gasteiger partial charge in [0.25, 0.3) is 0 Å². The van der Waals surface area contributed by atoms with Gasteiger partial charge >= 0.3 is 5.97 Å². The highest BCUT2D eigenvalue weighted by molar-refractivity contribution is 5.83. The lowest BCUT2D eigenvalue weighted by atomic mass is 10.1. The molecule has 1 aromatic carbocycles. The first kappa shape index (κ1) is 20.0. The average Bonchev–Trinajstić information content (AvgIpc) is 3.10. The predicted octanol–water partition coefficient (Wildman–Crippen LogP) is 2.54. The number of ether oxygens (including phenoxy) is 3. The van der Waals surface area contributed by atoms with Gasteiger partial charge in [-0.3, -0.25) is 4.79 Å². The third-order valence-electron chi connectivity index (χ3n) is 4.21. The van der Waals surface area contributed by atoms with E-state index in [1.165, 1.54) is 0 Å². The van der Waals surface area contributed by atoms with Crippen molar-refractivity contribution in [1.29, 1.82) is 0 Å². The summed E-state index contributed by atoms with van der Waals surface area (Å²) < 4.78 is 16.4. The van der Waals surface area contributed by atoms with E-state index in [4.69, 9.17) is 19.3 Å². The molecule has 0 spiro atoms. The van der Waals surface area contributed by atoms with Crippen molar-refractivity contribution in [1.82, 2.24) is 5.32 Å². The van der Waals surface area contributed by atoms with E-state index in [9.17, 15) is 9.59 Å². The molecule has 1 aliphatic rings. The molecule has 1 unspecified atom stereocenters. The van der Waals surface area contributed by atoms with Crippen LogP contribution in [0.15, 0.2) is 18.2 Å². The van der Waals surface area contributed by atoms with Crippen LogP contribution < -0.4 is 14.8 Å². The van der Waals surface area contributed by atoms with Crippen LogP contribution >= 0.6 is 0 Å². The van der Waals surface area contributed by atoms with Crippen LogP contribution in [0.3, 0.4) is 0 Å². The maximum Gasteiger partial charge on any atom is 0.332 e. The minimum absolute atomic E-state index is 0.275. The molecule has 144 valence electrons. The van der Waals surface area contributed by atoms with Crippen LogP contribution in [0.25, 0.3) is 0 Å². The van der Waals surface area contributed by atoms with Gasteiger partial charge in [-0.05, 0) is 43.4 Å². The number of hydrogen-bond donors (Lipinski definition) is 2. The number of methoxy groups -OCH3 is 1. The molecular weight excluding hydrogens is 338 g/mol. The molecule has 2 rings (SSSR count). The van der Waals surface area contributed by atoms with Crippen molar-refractivity contribution in [2.24, 2.45) is 5.92 Å². The van der Waals surface area contributed by atoms with E-state index in [0.717, 1.165) is 5.56 Å². The molecule has 7 heteroatoms. The summed E-state index contributed by atoms with van der Waals surface area (Å²) in [6, 6.07) is 5.25. The molecule has 1 amide bonds. The number of hydrogen-bond acceptors (Lipinski definition) is 5. The summed E-state index contributed by atoms with van der Waals surface area (Å²) in [5, 5.41) is 11.8. The third-order valence-corrected chi connectivity index (χ3v) is 4.21. The SMILES string of the molecule is COc1cc(C(C)NC(=O)[C@@H]2CC[C@H](C(=O)O)O2)ccc1OCC(C)C. The normalized spacial score (nSPS) is 20.7. The van der Waals surface area contributed by atoms with E-state index in [-0.39, 0.29) is 11.9 Å². The molecule has 1 saturated heterocycles. The van der Waals surface area contributed by atoms with Crippen molar-refractivity contribution in [2.75, 3.05) is 13.7 Å². The molecular formula is C19H27NO6. The number of carboxylic acids is 1. The van der Waals surface area contributed by atoms with E-state index < -0.39 is 18.2 Å². The van der Waals surface area contributed by atoms with Crippen molar-refractivity contribution in [3.63, 3.8) is 0 Å². The minimum atomic E-state index is -1.03. The lowest BCUT2D eigenvalue weighted by Crippen LogP contribution is -2.37. The summed E-state index contributed by atoms with van der Waals surface area (Å²) in [4.78, 5) is 23.2. The van der Waals surface area contributed by atoms with E-state index in [2.05, 4.69) is 19.2 Å². The Morgan fingerprint density at radius 3 is 2.50 bits per heavy atom. The fraction of sp³-hybridized carbons (Fsp3) is 0.579. The molecule has 7 nitrogen and oxygen atoms in total.